The molecule has 2 fully saturated rings. The largest absolute Gasteiger partial charge is 0.354 e. The highest BCUT2D eigenvalue weighted by Crippen LogP contribution is 2.20. The second-order valence-electron chi connectivity index (χ2n) is 8.54. The van der Waals surface area contributed by atoms with Crippen molar-refractivity contribution in [2.75, 3.05) is 23.7 Å². The van der Waals surface area contributed by atoms with E-state index in [1.54, 1.807) is 29.2 Å². The fourth-order valence-electron chi connectivity index (χ4n) is 4.04. The summed E-state index contributed by atoms with van der Waals surface area (Å²) in [5.74, 6) is -0.161. The molecule has 0 bridgehead atoms. The Kier molecular flexibility index (Phi) is 7.54. The lowest BCUT2D eigenvalue weighted by Gasteiger charge is -2.32. The van der Waals surface area contributed by atoms with Gasteiger partial charge in [0.05, 0.1) is 5.92 Å². The molecule has 3 rings (SSSR count). The topological polar surface area (TPSA) is 103 Å². The summed E-state index contributed by atoms with van der Waals surface area (Å²) in [7, 11) is 0. The van der Waals surface area contributed by atoms with Crippen molar-refractivity contribution in [3.05, 3.63) is 24.3 Å². The van der Waals surface area contributed by atoms with Gasteiger partial charge in [-0.15, -0.1) is 0 Å². The molecule has 0 spiro atoms. The number of anilines is 2. The Hall–Kier alpha value is -2.77. The van der Waals surface area contributed by atoms with Gasteiger partial charge in [0.15, 0.2) is 0 Å². The molecule has 1 aliphatic heterocycles. The molecular formula is C22H33N5O3. The second kappa shape index (κ2) is 10.3. The van der Waals surface area contributed by atoms with Crippen LogP contribution in [-0.2, 0) is 4.79 Å². The number of nitrogens with one attached hydrogen (secondary N) is 4. The Labute approximate surface area is 178 Å². The summed E-state index contributed by atoms with van der Waals surface area (Å²) in [6, 6.07) is 6.99. The Bertz CT molecular complexity index is 744. The zero-order valence-corrected chi connectivity index (χ0v) is 17.9. The highest BCUT2D eigenvalue weighted by atomic mass is 16.2. The Morgan fingerprint density at radius 3 is 2.20 bits per heavy atom. The lowest BCUT2D eigenvalue weighted by Crippen LogP contribution is -2.47. The van der Waals surface area contributed by atoms with E-state index < -0.39 is 0 Å². The molecule has 0 radical (unpaired) electrons. The molecule has 1 aliphatic carbocycles. The summed E-state index contributed by atoms with van der Waals surface area (Å²) < 4.78 is 0. The average Bonchev–Trinajstić information content (AvgIpc) is 3.22. The van der Waals surface area contributed by atoms with E-state index in [2.05, 4.69) is 21.3 Å². The Morgan fingerprint density at radius 1 is 0.933 bits per heavy atom. The maximum atomic E-state index is 12.6. The number of likely N-dealkylation sites (tertiary alicyclic amines) is 1. The predicted molar refractivity (Wildman–Crippen MR) is 117 cm³/mol. The van der Waals surface area contributed by atoms with Crippen LogP contribution in [0.4, 0.5) is 21.0 Å². The van der Waals surface area contributed by atoms with Crippen molar-refractivity contribution in [3.63, 3.8) is 0 Å². The summed E-state index contributed by atoms with van der Waals surface area (Å²) in [6.45, 7) is 4.92. The standard InChI is InChI=1S/C22H33N5O3/c1-15(2)23-20(28)16-6-5-13-27(14-16)22(30)26-19-11-9-18(10-12-19)25-21(29)24-17-7-3-4-8-17/h9-12,15-17H,3-8,13-14H2,1-2H3,(H,23,28)(H,26,30)(H2,24,25,29)/t16-/m0/s1. The predicted octanol–water partition coefficient (Wildman–Crippen LogP) is 3.52. The van der Waals surface area contributed by atoms with Gasteiger partial charge < -0.3 is 26.2 Å². The van der Waals surface area contributed by atoms with E-state index in [9.17, 15) is 14.4 Å². The number of urea groups is 2. The van der Waals surface area contributed by atoms with Gasteiger partial charge in [0.25, 0.3) is 0 Å². The molecule has 1 saturated heterocycles. The van der Waals surface area contributed by atoms with Crippen LogP contribution in [0.3, 0.4) is 0 Å². The SMILES string of the molecule is CC(C)NC(=O)[C@H]1CCCN(C(=O)Nc2ccc(NC(=O)NC3CCCC3)cc2)C1. The van der Waals surface area contributed by atoms with Gasteiger partial charge in [-0.25, -0.2) is 9.59 Å². The molecular weight excluding hydrogens is 382 g/mol. The number of piperidine rings is 1. The lowest BCUT2D eigenvalue weighted by atomic mass is 9.97. The quantitative estimate of drug-likeness (QED) is 0.592. The molecule has 0 unspecified atom stereocenters. The third-order valence-corrected chi connectivity index (χ3v) is 5.59. The van der Waals surface area contributed by atoms with E-state index in [1.165, 1.54) is 12.8 Å². The van der Waals surface area contributed by atoms with Crippen molar-refractivity contribution in [1.82, 2.24) is 15.5 Å². The van der Waals surface area contributed by atoms with Gasteiger partial charge in [-0.05, 0) is 63.8 Å². The highest BCUT2D eigenvalue weighted by Gasteiger charge is 2.28. The summed E-state index contributed by atoms with van der Waals surface area (Å²) in [5.41, 5.74) is 1.32. The molecule has 4 N–H and O–H groups in total. The minimum Gasteiger partial charge on any atom is -0.354 e. The molecule has 164 valence electrons. The van der Waals surface area contributed by atoms with Crippen LogP contribution in [0.2, 0.25) is 0 Å². The minimum absolute atomic E-state index is 0.00816. The van der Waals surface area contributed by atoms with Crippen LogP contribution in [0, 0.1) is 5.92 Å². The van der Waals surface area contributed by atoms with E-state index in [0.29, 0.717) is 24.5 Å². The first-order valence-electron chi connectivity index (χ1n) is 10.9. The lowest BCUT2D eigenvalue weighted by molar-refractivity contribution is -0.126. The molecule has 8 heteroatoms. The third-order valence-electron chi connectivity index (χ3n) is 5.59. The van der Waals surface area contributed by atoms with Gasteiger partial charge in [-0.2, -0.15) is 0 Å². The van der Waals surface area contributed by atoms with Crippen molar-refractivity contribution in [3.8, 4) is 0 Å². The first-order chi connectivity index (χ1) is 14.4. The molecule has 1 aromatic carbocycles. The fraction of sp³-hybridized carbons (Fsp3) is 0.591. The van der Waals surface area contributed by atoms with Crippen molar-refractivity contribution in [2.45, 2.75) is 64.5 Å². The molecule has 30 heavy (non-hydrogen) atoms. The zero-order chi connectivity index (χ0) is 21.5. The summed E-state index contributed by atoms with van der Waals surface area (Å²) in [6.07, 6.45) is 6.01. The van der Waals surface area contributed by atoms with Gasteiger partial charge in [0.1, 0.15) is 0 Å². The Morgan fingerprint density at radius 2 is 1.57 bits per heavy atom. The van der Waals surface area contributed by atoms with Crippen LogP contribution in [0.15, 0.2) is 24.3 Å². The number of rotatable bonds is 5. The van der Waals surface area contributed by atoms with Crippen molar-refractivity contribution >= 4 is 29.3 Å². The summed E-state index contributed by atoms with van der Waals surface area (Å²) in [5, 5.41) is 11.6. The molecule has 8 nitrogen and oxygen atoms in total. The second-order valence-corrected chi connectivity index (χ2v) is 8.54. The first kappa shape index (κ1) is 21.9. The Balaban J connectivity index is 1.47. The monoisotopic (exact) mass is 415 g/mol. The molecule has 1 atom stereocenters. The molecule has 1 aromatic rings. The van der Waals surface area contributed by atoms with Crippen molar-refractivity contribution in [1.29, 1.82) is 0 Å². The number of nitrogens with zero attached hydrogens (tertiary/aromatic N) is 1. The van der Waals surface area contributed by atoms with E-state index in [0.717, 1.165) is 25.7 Å². The maximum absolute atomic E-state index is 12.6. The van der Waals surface area contributed by atoms with Gasteiger partial charge in [0.2, 0.25) is 5.91 Å². The maximum Gasteiger partial charge on any atom is 0.321 e. The molecule has 1 saturated carbocycles. The fourth-order valence-corrected chi connectivity index (χ4v) is 4.04. The van der Waals surface area contributed by atoms with Crippen LogP contribution in [0.5, 0.6) is 0 Å². The highest BCUT2D eigenvalue weighted by molar-refractivity contribution is 5.92. The number of carbonyl (C=O) groups excluding carboxylic acids is 3. The number of carbonyl (C=O) groups is 3. The number of amides is 5. The molecule has 5 amide bonds. The van der Waals surface area contributed by atoms with E-state index >= 15 is 0 Å². The van der Waals surface area contributed by atoms with Gasteiger partial charge >= 0.3 is 12.1 Å². The van der Waals surface area contributed by atoms with Gasteiger partial charge in [-0.3, -0.25) is 4.79 Å². The van der Waals surface area contributed by atoms with Crippen molar-refractivity contribution in [2.24, 2.45) is 5.92 Å². The smallest absolute Gasteiger partial charge is 0.321 e. The van der Waals surface area contributed by atoms with Crippen LogP contribution >= 0.6 is 0 Å². The van der Waals surface area contributed by atoms with E-state index in [-0.39, 0.29) is 36.0 Å². The first-order valence-corrected chi connectivity index (χ1v) is 10.9. The molecule has 1 heterocycles. The molecule has 2 aliphatic rings. The van der Waals surface area contributed by atoms with Gasteiger partial charge in [0, 0.05) is 36.5 Å². The summed E-state index contributed by atoms with van der Waals surface area (Å²) >= 11 is 0. The number of hydrogen-bond acceptors (Lipinski definition) is 3. The van der Waals surface area contributed by atoms with Crippen LogP contribution < -0.4 is 21.3 Å². The normalized spacial score (nSPS) is 19.4. The third kappa shape index (κ3) is 6.37. The van der Waals surface area contributed by atoms with E-state index in [1.807, 2.05) is 13.8 Å². The molecule has 0 aromatic heterocycles. The van der Waals surface area contributed by atoms with E-state index in [4.69, 9.17) is 0 Å². The minimum atomic E-state index is -0.211. The van der Waals surface area contributed by atoms with Crippen LogP contribution in [0.25, 0.3) is 0 Å². The number of benzene rings is 1. The summed E-state index contributed by atoms with van der Waals surface area (Å²) in [4.78, 5) is 38.6. The number of hydrogen-bond donors (Lipinski definition) is 4. The average molecular weight is 416 g/mol. The zero-order valence-electron chi connectivity index (χ0n) is 17.9. The van der Waals surface area contributed by atoms with Gasteiger partial charge in [-0.1, -0.05) is 12.8 Å². The van der Waals surface area contributed by atoms with Crippen LogP contribution in [-0.4, -0.2) is 48.0 Å². The van der Waals surface area contributed by atoms with Crippen molar-refractivity contribution < 1.29 is 14.4 Å². The van der Waals surface area contributed by atoms with Crippen LogP contribution in [0.1, 0.15) is 52.4 Å².